The van der Waals surface area contributed by atoms with E-state index in [4.69, 9.17) is 0 Å². The lowest BCUT2D eigenvalue weighted by atomic mass is 9.79. The predicted octanol–water partition coefficient (Wildman–Crippen LogP) is 12.7. The average Bonchev–Trinajstić information content (AvgIpc) is 3.75. The van der Waals surface area contributed by atoms with Crippen molar-refractivity contribution in [2.75, 3.05) is 18.0 Å². The minimum atomic E-state index is -3.97. The topological polar surface area (TPSA) is 40.4 Å². The molecule has 0 spiro atoms. The molecule has 0 unspecified atom stereocenters. The SMILES string of the molecule is CCCN1/C(=C/C=C2C(S(=O)(=O)c3ccccc3)=C(/C=C/C3=[N+](CCC)c4ccc5ccccc5c4C3(C)C)c3ccccc3/2)C(C)(C)c2c1ccc1ccccc21. The molecule has 58 heavy (non-hydrogen) atoms. The van der Waals surface area contributed by atoms with E-state index in [0.717, 1.165) is 59.6 Å². The van der Waals surface area contributed by atoms with Crippen LogP contribution >= 0.6 is 0 Å². The van der Waals surface area contributed by atoms with Gasteiger partial charge in [0.2, 0.25) is 15.5 Å². The lowest BCUT2D eigenvalue weighted by Crippen LogP contribution is -2.28. The first-order valence-electron chi connectivity index (χ1n) is 20.7. The van der Waals surface area contributed by atoms with Crippen LogP contribution in [0.1, 0.15) is 76.6 Å². The van der Waals surface area contributed by atoms with Gasteiger partial charge in [-0.15, -0.1) is 0 Å². The first kappa shape index (κ1) is 37.8. The van der Waals surface area contributed by atoms with Crippen LogP contribution in [0.5, 0.6) is 0 Å². The Morgan fingerprint density at radius 3 is 1.93 bits per heavy atom. The molecule has 5 heteroatoms. The molecule has 0 bridgehead atoms. The zero-order valence-corrected chi connectivity index (χ0v) is 35.2. The van der Waals surface area contributed by atoms with Crippen LogP contribution < -0.4 is 4.90 Å². The number of rotatable bonds is 9. The first-order valence-corrected chi connectivity index (χ1v) is 22.2. The highest BCUT2D eigenvalue weighted by atomic mass is 32.2. The smallest absolute Gasteiger partial charge is 0.210 e. The number of hydrogen-bond acceptors (Lipinski definition) is 3. The molecule has 2 aliphatic heterocycles. The minimum absolute atomic E-state index is 0.287. The third-order valence-electron chi connectivity index (χ3n) is 12.5. The van der Waals surface area contributed by atoms with E-state index in [2.05, 4.69) is 160 Å². The molecule has 6 aromatic rings. The Hall–Kier alpha value is -5.78. The summed E-state index contributed by atoms with van der Waals surface area (Å²) in [7, 11) is -3.97. The van der Waals surface area contributed by atoms with E-state index in [-0.39, 0.29) is 15.7 Å². The Balaban J connectivity index is 1.26. The molecule has 0 amide bonds. The largest absolute Gasteiger partial charge is 0.344 e. The van der Waals surface area contributed by atoms with Crippen molar-refractivity contribution >= 4 is 59.6 Å². The van der Waals surface area contributed by atoms with Crippen LogP contribution in [0.25, 0.3) is 32.7 Å². The van der Waals surface area contributed by atoms with E-state index in [0.29, 0.717) is 4.91 Å². The summed E-state index contributed by atoms with van der Waals surface area (Å²) in [6.07, 6.45) is 10.5. The lowest BCUT2D eigenvalue weighted by molar-refractivity contribution is -0.437. The van der Waals surface area contributed by atoms with Gasteiger partial charge in [-0.1, -0.05) is 131 Å². The summed E-state index contributed by atoms with van der Waals surface area (Å²) in [5.41, 5.74) is 10.0. The predicted molar refractivity (Wildman–Crippen MR) is 244 cm³/mol. The molecule has 2 heterocycles. The molecule has 0 N–H and O–H groups in total. The molecule has 290 valence electrons. The number of allylic oxidation sites excluding steroid dienone is 7. The van der Waals surface area contributed by atoms with E-state index in [1.165, 1.54) is 44.0 Å². The van der Waals surface area contributed by atoms with Crippen molar-refractivity contribution in [1.29, 1.82) is 0 Å². The van der Waals surface area contributed by atoms with E-state index in [1.54, 1.807) is 12.1 Å². The van der Waals surface area contributed by atoms with Crippen molar-refractivity contribution in [3.63, 3.8) is 0 Å². The summed E-state index contributed by atoms with van der Waals surface area (Å²) in [6.45, 7) is 15.4. The maximum absolute atomic E-state index is 15.2. The number of nitrogens with zero attached hydrogens (tertiary/aromatic N) is 2. The molecule has 0 fully saturated rings. The summed E-state index contributed by atoms with van der Waals surface area (Å²) in [5, 5.41) is 4.96. The van der Waals surface area contributed by atoms with Gasteiger partial charge in [0.15, 0.2) is 5.71 Å². The van der Waals surface area contributed by atoms with Gasteiger partial charge >= 0.3 is 0 Å². The van der Waals surface area contributed by atoms with E-state index >= 15 is 8.42 Å². The van der Waals surface area contributed by atoms with Gasteiger partial charge in [0.05, 0.1) is 15.2 Å². The number of hydrogen-bond donors (Lipinski definition) is 0. The van der Waals surface area contributed by atoms with Crippen LogP contribution in [-0.4, -0.2) is 31.8 Å². The minimum Gasteiger partial charge on any atom is -0.344 e. The molecule has 0 atom stereocenters. The van der Waals surface area contributed by atoms with Gasteiger partial charge in [0.1, 0.15) is 6.54 Å². The molecular formula is C53H51N2O2S+. The van der Waals surface area contributed by atoms with Crippen molar-refractivity contribution in [3.8, 4) is 0 Å². The highest BCUT2D eigenvalue weighted by Gasteiger charge is 2.46. The Kier molecular flexibility index (Phi) is 9.28. The van der Waals surface area contributed by atoms with Crippen molar-refractivity contribution in [1.82, 2.24) is 0 Å². The van der Waals surface area contributed by atoms with E-state index in [9.17, 15) is 0 Å². The first-order chi connectivity index (χ1) is 28.0. The van der Waals surface area contributed by atoms with Crippen molar-refractivity contribution in [3.05, 3.63) is 185 Å². The zero-order chi connectivity index (χ0) is 40.4. The maximum atomic E-state index is 15.2. The second-order valence-corrected chi connectivity index (χ2v) is 18.8. The van der Waals surface area contributed by atoms with Gasteiger partial charge in [0.25, 0.3) is 0 Å². The number of anilines is 1. The van der Waals surface area contributed by atoms with Gasteiger partial charge < -0.3 is 4.90 Å². The quantitative estimate of drug-likeness (QED) is 0.137. The number of sulfone groups is 1. The summed E-state index contributed by atoms with van der Waals surface area (Å²) < 4.78 is 32.8. The van der Waals surface area contributed by atoms with E-state index in [1.807, 2.05) is 30.3 Å². The molecule has 0 aromatic heterocycles. The number of fused-ring (bicyclic) bond motifs is 7. The highest BCUT2D eigenvalue weighted by molar-refractivity contribution is 7.96. The maximum Gasteiger partial charge on any atom is 0.210 e. The molecule has 0 saturated carbocycles. The average molecular weight is 780 g/mol. The third-order valence-corrected chi connectivity index (χ3v) is 14.4. The third kappa shape index (κ3) is 5.77. The van der Waals surface area contributed by atoms with Crippen molar-refractivity contribution in [2.45, 2.75) is 70.1 Å². The fourth-order valence-corrected chi connectivity index (χ4v) is 11.7. The van der Waals surface area contributed by atoms with Crippen LogP contribution in [0, 0.1) is 0 Å². The molecule has 3 aliphatic rings. The molecule has 0 saturated heterocycles. The van der Waals surface area contributed by atoms with Crippen LogP contribution in [0.2, 0.25) is 0 Å². The lowest BCUT2D eigenvalue weighted by Gasteiger charge is -2.27. The second-order valence-electron chi connectivity index (χ2n) is 16.9. The summed E-state index contributed by atoms with van der Waals surface area (Å²) in [5.74, 6) is 0. The zero-order valence-electron chi connectivity index (χ0n) is 34.4. The molecule has 0 radical (unpaired) electrons. The number of benzene rings is 6. The second kappa shape index (κ2) is 14.2. The molecule has 6 aromatic carbocycles. The highest BCUT2D eigenvalue weighted by Crippen LogP contribution is 2.52. The van der Waals surface area contributed by atoms with Gasteiger partial charge in [-0.25, -0.2) is 8.42 Å². The Morgan fingerprint density at radius 1 is 0.621 bits per heavy atom. The Morgan fingerprint density at radius 2 is 1.24 bits per heavy atom. The monoisotopic (exact) mass is 779 g/mol. The molecule has 1 aliphatic carbocycles. The van der Waals surface area contributed by atoms with E-state index < -0.39 is 9.84 Å². The molecule has 4 nitrogen and oxygen atoms in total. The van der Waals surface area contributed by atoms with Crippen molar-refractivity contribution < 1.29 is 13.0 Å². The summed E-state index contributed by atoms with van der Waals surface area (Å²) in [6, 6.07) is 43.3. The van der Waals surface area contributed by atoms with Gasteiger partial charge in [-0.05, 0) is 94.9 Å². The summed E-state index contributed by atoms with van der Waals surface area (Å²) >= 11 is 0. The Bertz CT molecular complexity index is 2920. The van der Waals surface area contributed by atoms with Gasteiger partial charge in [-0.3, -0.25) is 0 Å². The summed E-state index contributed by atoms with van der Waals surface area (Å²) in [4.78, 5) is 3.07. The Labute approximate surface area is 343 Å². The molecule has 9 rings (SSSR count). The molecular weight excluding hydrogens is 729 g/mol. The van der Waals surface area contributed by atoms with Crippen LogP contribution in [0.4, 0.5) is 11.4 Å². The normalized spacial score (nSPS) is 18.3. The standard InChI is InChI=1S/C53H51N2O2S/c1-7-34-54-45-30-26-36-18-12-14-22-39(36)49(45)52(3,4)47(54)32-28-43-41-24-16-17-25-42(41)44(51(43)58(56,57)38-20-10-9-11-21-38)29-33-48-53(5,6)50-40-23-15-13-19-37(40)27-31-46(50)55(48)35-8-2/h9-33H,7-8,34-35H2,1-6H3/q+1. The fourth-order valence-electron chi connectivity index (χ4n) is 10.0. The van der Waals surface area contributed by atoms with Gasteiger partial charge in [-0.2, -0.15) is 4.58 Å². The van der Waals surface area contributed by atoms with Crippen molar-refractivity contribution in [2.24, 2.45) is 0 Å². The van der Waals surface area contributed by atoms with Gasteiger partial charge in [0, 0.05) is 58.6 Å². The van der Waals surface area contributed by atoms with Crippen LogP contribution in [0.3, 0.4) is 0 Å². The van der Waals surface area contributed by atoms with Crippen LogP contribution in [0.15, 0.2) is 167 Å². The fraction of sp³-hybridized carbons (Fsp3) is 0.226. The van der Waals surface area contributed by atoms with Crippen LogP contribution in [-0.2, 0) is 20.7 Å².